The number of para-hydroxylation sites is 1. The highest BCUT2D eigenvalue weighted by Crippen LogP contribution is 2.34. The van der Waals surface area contributed by atoms with E-state index in [0.29, 0.717) is 16.8 Å². The van der Waals surface area contributed by atoms with Gasteiger partial charge in [0.25, 0.3) is 5.91 Å². The summed E-state index contributed by atoms with van der Waals surface area (Å²) >= 11 is 0. The van der Waals surface area contributed by atoms with Crippen molar-refractivity contribution in [3.8, 4) is 0 Å². The van der Waals surface area contributed by atoms with Crippen molar-refractivity contribution < 1.29 is 19.5 Å². The van der Waals surface area contributed by atoms with Crippen LogP contribution in [0, 0.1) is 0 Å². The van der Waals surface area contributed by atoms with E-state index in [0.717, 1.165) is 0 Å². The average molecular weight is 353 g/mol. The molecule has 7 nitrogen and oxygen atoms in total. The van der Waals surface area contributed by atoms with Crippen molar-refractivity contribution in [3.05, 3.63) is 65.7 Å². The maximum Gasteiger partial charge on any atom is 0.310 e. The lowest BCUT2D eigenvalue weighted by atomic mass is 10.1. The number of fused-ring (bicyclic) bond motifs is 1. The summed E-state index contributed by atoms with van der Waals surface area (Å²) in [6, 6.07) is 15.0. The Morgan fingerprint density at radius 2 is 1.73 bits per heavy atom. The summed E-state index contributed by atoms with van der Waals surface area (Å²) in [4.78, 5) is 37.9. The highest BCUT2D eigenvalue weighted by molar-refractivity contribution is 6.35. The van der Waals surface area contributed by atoms with Crippen LogP contribution < -0.4 is 15.5 Å². The fraction of sp³-hybridized carbons (Fsp3) is 0.211. The number of anilines is 1. The van der Waals surface area contributed by atoms with Crippen LogP contribution in [0.3, 0.4) is 0 Å². The van der Waals surface area contributed by atoms with Gasteiger partial charge in [0.05, 0.1) is 6.10 Å². The Kier molecular flexibility index (Phi) is 4.99. The van der Waals surface area contributed by atoms with Gasteiger partial charge in [-0.1, -0.05) is 48.5 Å². The SMILES string of the molecule is CN1C(=O)[C@@H](NC(=O)C(=O)NC[C@H](O)c2ccccc2)c2ccccc21. The van der Waals surface area contributed by atoms with E-state index < -0.39 is 24.0 Å². The number of carbonyl (C=O) groups excluding carboxylic acids is 3. The molecule has 0 aliphatic carbocycles. The summed E-state index contributed by atoms with van der Waals surface area (Å²) in [6.07, 6.45) is -0.923. The number of aliphatic hydroxyl groups excluding tert-OH is 1. The molecular weight excluding hydrogens is 334 g/mol. The van der Waals surface area contributed by atoms with Gasteiger partial charge >= 0.3 is 11.8 Å². The Labute approximate surface area is 150 Å². The summed E-state index contributed by atoms with van der Waals surface area (Å²) in [7, 11) is 1.61. The first-order valence-corrected chi connectivity index (χ1v) is 8.17. The van der Waals surface area contributed by atoms with Crippen LogP contribution in [-0.4, -0.2) is 36.4 Å². The molecule has 3 amide bonds. The highest BCUT2D eigenvalue weighted by atomic mass is 16.3. The highest BCUT2D eigenvalue weighted by Gasteiger charge is 2.36. The van der Waals surface area contributed by atoms with Crippen molar-refractivity contribution in [2.24, 2.45) is 0 Å². The molecule has 7 heteroatoms. The fourth-order valence-electron chi connectivity index (χ4n) is 2.88. The second-order valence-corrected chi connectivity index (χ2v) is 6.00. The molecule has 0 fully saturated rings. The largest absolute Gasteiger partial charge is 0.387 e. The van der Waals surface area contributed by atoms with Gasteiger partial charge in [-0.25, -0.2) is 0 Å². The van der Waals surface area contributed by atoms with E-state index in [9.17, 15) is 19.5 Å². The second-order valence-electron chi connectivity index (χ2n) is 6.00. The van der Waals surface area contributed by atoms with Gasteiger partial charge in [-0.2, -0.15) is 0 Å². The first kappa shape index (κ1) is 17.6. The molecule has 0 radical (unpaired) electrons. The number of nitrogens with one attached hydrogen (secondary N) is 2. The van der Waals surface area contributed by atoms with Gasteiger partial charge in [0.15, 0.2) is 0 Å². The van der Waals surface area contributed by atoms with E-state index in [2.05, 4.69) is 10.6 Å². The summed E-state index contributed by atoms with van der Waals surface area (Å²) in [5, 5.41) is 14.9. The van der Waals surface area contributed by atoms with Crippen molar-refractivity contribution in [1.29, 1.82) is 0 Å². The summed E-state index contributed by atoms with van der Waals surface area (Å²) in [5.74, 6) is -2.13. The number of carbonyl (C=O) groups is 3. The van der Waals surface area contributed by atoms with Gasteiger partial charge in [-0.05, 0) is 11.6 Å². The Bertz CT molecular complexity index is 838. The Hall–Kier alpha value is -3.19. The Morgan fingerprint density at radius 1 is 1.08 bits per heavy atom. The first-order chi connectivity index (χ1) is 12.5. The molecule has 1 aliphatic rings. The summed E-state index contributed by atoms with van der Waals surface area (Å²) < 4.78 is 0. The summed E-state index contributed by atoms with van der Waals surface area (Å²) in [5.41, 5.74) is 1.97. The minimum atomic E-state index is -0.923. The molecule has 0 saturated heterocycles. The molecule has 26 heavy (non-hydrogen) atoms. The lowest BCUT2D eigenvalue weighted by Gasteiger charge is -2.14. The van der Waals surface area contributed by atoms with Crippen LogP contribution in [-0.2, 0) is 14.4 Å². The van der Waals surface area contributed by atoms with Crippen molar-refractivity contribution in [2.45, 2.75) is 12.1 Å². The molecule has 134 valence electrons. The normalized spacial score (nSPS) is 16.8. The molecule has 0 spiro atoms. The second kappa shape index (κ2) is 7.37. The van der Waals surface area contributed by atoms with Crippen LogP contribution in [0.25, 0.3) is 0 Å². The molecule has 3 N–H and O–H groups in total. The third-order valence-corrected chi connectivity index (χ3v) is 4.31. The standard InChI is InChI=1S/C19H19N3O4/c1-22-14-10-6-5-9-13(14)16(19(22)26)21-18(25)17(24)20-11-15(23)12-7-3-2-4-8-12/h2-10,15-16,23H,11H2,1H3,(H,20,24)(H,21,25)/t15-,16-/m0/s1. The van der Waals surface area contributed by atoms with Crippen molar-refractivity contribution in [2.75, 3.05) is 18.5 Å². The van der Waals surface area contributed by atoms with E-state index in [4.69, 9.17) is 0 Å². The molecule has 2 aromatic rings. The lowest BCUT2D eigenvalue weighted by molar-refractivity contribution is -0.140. The lowest BCUT2D eigenvalue weighted by Crippen LogP contribution is -2.45. The van der Waals surface area contributed by atoms with Gasteiger partial charge in [0, 0.05) is 24.8 Å². The number of nitrogens with zero attached hydrogens (tertiary/aromatic N) is 1. The molecular formula is C19H19N3O4. The molecule has 2 aromatic carbocycles. The van der Waals surface area contributed by atoms with E-state index >= 15 is 0 Å². The van der Waals surface area contributed by atoms with Gasteiger partial charge in [-0.15, -0.1) is 0 Å². The van der Waals surface area contributed by atoms with Gasteiger partial charge in [0.1, 0.15) is 6.04 Å². The topological polar surface area (TPSA) is 98.7 Å². The number of likely N-dealkylation sites (N-methyl/N-ethyl adjacent to an activating group) is 1. The van der Waals surface area contributed by atoms with Gasteiger partial charge in [0.2, 0.25) is 0 Å². The van der Waals surface area contributed by atoms with Gasteiger partial charge < -0.3 is 20.6 Å². The zero-order valence-corrected chi connectivity index (χ0v) is 14.2. The number of amides is 3. The molecule has 0 saturated carbocycles. The van der Waals surface area contributed by atoms with Crippen LogP contribution in [0.2, 0.25) is 0 Å². The van der Waals surface area contributed by atoms with Gasteiger partial charge in [-0.3, -0.25) is 14.4 Å². The Morgan fingerprint density at radius 3 is 2.46 bits per heavy atom. The molecule has 2 atom stereocenters. The van der Waals surface area contributed by atoms with E-state index in [1.165, 1.54) is 4.90 Å². The number of hydrogen-bond acceptors (Lipinski definition) is 4. The summed E-state index contributed by atoms with van der Waals surface area (Å²) in [6.45, 7) is -0.106. The molecule has 3 rings (SSSR count). The van der Waals surface area contributed by atoms with E-state index in [-0.39, 0.29) is 12.5 Å². The van der Waals surface area contributed by atoms with Crippen molar-refractivity contribution >= 4 is 23.4 Å². The molecule has 1 heterocycles. The van der Waals surface area contributed by atoms with Crippen LogP contribution >= 0.6 is 0 Å². The van der Waals surface area contributed by atoms with Crippen LogP contribution in [0.4, 0.5) is 5.69 Å². The first-order valence-electron chi connectivity index (χ1n) is 8.17. The minimum absolute atomic E-state index is 0.106. The number of rotatable bonds is 4. The third kappa shape index (κ3) is 3.43. The third-order valence-electron chi connectivity index (χ3n) is 4.31. The average Bonchev–Trinajstić information content (AvgIpc) is 2.91. The van der Waals surface area contributed by atoms with Crippen molar-refractivity contribution in [3.63, 3.8) is 0 Å². The Balaban J connectivity index is 1.60. The minimum Gasteiger partial charge on any atom is -0.387 e. The monoisotopic (exact) mass is 353 g/mol. The quantitative estimate of drug-likeness (QED) is 0.704. The van der Waals surface area contributed by atoms with Crippen molar-refractivity contribution in [1.82, 2.24) is 10.6 Å². The fourth-order valence-corrected chi connectivity index (χ4v) is 2.88. The van der Waals surface area contributed by atoms with E-state index in [1.807, 2.05) is 6.07 Å². The number of benzene rings is 2. The maximum absolute atomic E-state index is 12.3. The van der Waals surface area contributed by atoms with E-state index in [1.54, 1.807) is 55.6 Å². The zero-order chi connectivity index (χ0) is 18.7. The predicted molar refractivity (Wildman–Crippen MR) is 95.1 cm³/mol. The number of aliphatic hydroxyl groups is 1. The zero-order valence-electron chi connectivity index (χ0n) is 14.2. The van der Waals surface area contributed by atoms with Crippen LogP contribution in [0.1, 0.15) is 23.3 Å². The van der Waals surface area contributed by atoms with Crippen LogP contribution in [0.5, 0.6) is 0 Å². The molecule has 0 aromatic heterocycles. The molecule has 0 bridgehead atoms. The smallest absolute Gasteiger partial charge is 0.310 e. The molecule has 0 unspecified atom stereocenters. The molecule has 1 aliphatic heterocycles. The number of hydrogen-bond donors (Lipinski definition) is 3. The van der Waals surface area contributed by atoms with Crippen LogP contribution in [0.15, 0.2) is 54.6 Å². The maximum atomic E-state index is 12.3. The predicted octanol–water partition coefficient (Wildman–Crippen LogP) is 0.670.